The van der Waals surface area contributed by atoms with Gasteiger partial charge in [0, 0.05) is 0 Å². The molecule has 216 valence electrons. The molecule has 0 spiro atoms. The number of aliphatic hydroxyl groups excluding tert-OH is 1. The largest absolute Gasteiger partial charge is 0.462 e. The minimum atomic E-state index is -0.701. The van der Waals surface area contributed by atoms with Crippen molar-refractivity contribution >= 4 is 40.2 Å². The van der Waals surface area contributed by atoms with Gasteiger partial charge >= 0.3 is 5.97 Å². The second-order valence-corrected chi connectivity index (χ2v) is 8.87. The lowest BCUT2D eigenvalue weighted by atomic mass is 10.1. The number of hydrogen-bond acceptors (Lipinski definition) is 14. The summed E-state index contributed by atoms with van der Waals surface area (Å²) in [5.74, 6) is -0.260. The molecule has 1 atom stereocenters. The SMILES string of the molecule is CC(C)[C@H](N)C(=O)OCCOCn1cnc2c(=O)[nH]c(NCNc3nc4c(ncn4COCCO)c(=O)[nH]3)nc21. The highest BCUT2D eigenvalue weighted by Gasteiger charge is 2.18. The Labute approximate surface area is 225 Å². The van der Waals surface area contributed by atoms with Gasteiger partial charge in [-0.2, -0.15) is 9.97 Å². The molecule has 0 aliphatic rings. The van der Waals surface area contributed by atoms with E-state index in [1.807, 2.05) is 13.8 Å². The molecule has 0 amide bonds. The third-order valence-electron chi connectivity index (χ3n) is 5.62. The number of carbonyl (C=O) groups excluding carboxylic acids is 1. The molecular weight excluding hydrogens is 530 g/mol. The van der Waals surface area contributed by atoms with E-state index in [9.17, 15) is 14.4 Å². The normalized spacial score (nSPS) is 12.3. The first-order valence-electron chi connectivity index (χ1n) is 12.3. The maximum Gasteiger partial charge on any atom is 0.323 e. The van der Waals surface area contributed by atoms with Crippen molar-refractivity contribution in [3.8, 4) is 0 Å². The molecule has 0 unspecified atom stereocenters. The number of aliphatic hydroxyl groups is 1. The first kappa shape index (κ1) is 28.6. The standard InChI is InChI=1S/C22H31N11O7/c1-12(2)13(23)20(37)40-6-5-39-11-33-9-27-15-17(33)29-22(31-19(15)36)25-7-24-21-28-16-14(18(35)30-21)26-8-32(16)10-38-4-3-34/h8-9,12-13,34H,3-7,10-11,23H2,1-2H3,(H2,24,28,30,35)(H2,25,29,31,36)/t13-/m0/s1. The van der Waals surface area contributed by atoms with E-state index in [0.717, 1.165) is 0 Å². The van der Waals surface area contributed by atoms with Crippen molar-refractivity contribution in [3.63, 3.8) is 0 Å². The van der Waals surface area contributed by atoms with Crippen molar-refractivity contribution in [2.24, 2.45) is 11.7 Å². The molecule has 40 heavy (non-hydrogen) atoms. The average molecular weight is 562 g/mol. The van der Waals surface area contributed by atoms with Gasteiger partial charge in [-0.3, -0.25) is 33.5 Å². The number of nitrogens with zero attached hydrogens (tertiary/aromatic N) is 6. The van der Waals surface area contributed by atoms with Gasteiger partial charge in [-0.1, -0.05) is 13.8 Å². The Morgan fingerprint density at radius 3 is 1.98 bits per heavy atom. The van der Waals surface area contributed by atoms with Crippen LogP contribution in [-0.2, 0) is 32.5 Å². The number of ether oxygens (including phenoxy) is 3. The van der Waals surface area contributed by atoms with Crippen LogP contribution in [0.3, 0.4) is 0 Å². The van der Waals surface area contributed by atoms with E-state index in [4.69, 9.17) is 25.1 Å². The van der Waals surface area contributed by atoms with Crippen molar-refractivity contribution in [1.29, 1.82) is 0 Å². The summed E-state index contributed by atoms with van der Waals surface area (Å²) >= 11 is 0. The van der Waals surface area contributed by atoms with Crippen LogP contribution >= 0.6 is 0 Å². The number of anilines is 2. The molecule has 0 saturated heterocycles. The van der Waals surface area contributed by atoms with Crippen LogP contribution in [0, 0.1) is 5.92 Å². The number of fused-ring (bicyclic) bond motifs is 2. The molecular formula is C22H31N11O7. The van der Waals surface area contributed by atoms with Gasteiger partial charge in [0.1, 0.15) is 26.1 Å². The molecule has 0 fully saturated rings. The maximum atomic E-state index is 12.5. The summed E-state index contributed by atoms with van der Waals surface area (Å²) in [5, 5.41) is 14.7. The molecule has 7 N–H and O–H groups in total. The second kappa shape index (κ2) is 13.1. The Morgan fingerprint density at radius 1 is 0.950 bits per heavy atom. The maximum absolute atomic E-state index is 12.5. The van der Waals surface area contributed by atoms with Gasteiger partial charge in [0.05, 0.1) is 39.1 Å². The van der Waals surface area contributed by atoms with E-state index < -0.39 is 23.1 Å². The molecule has 0 saturated carbocycles. The van der Waals surface area contributed by atoms with Gasteiger partial charge in [0.25, 0.3) is 11.1 Å². The van der Waals surface area contributed by atoms with Crippen molar-refractivity contribution < 1.29 is 24.1 Å². The molecule has 4 aromatic heterocycles. The molecule has 0 aliphatic carbocycles. The van der Waals surface area contributed by atoms with E-state index in [1.54, 1.807) is 0 Å². The van der Waals surface area contributed by atoms with Gasteiger partial charge in [-0.25, -0.2) is 9.97 Å². The quantitative estimate of drug-likeness (QED) is 0.0550. The highest BCUT2D eigenvalue weighted by atomic mass is 16.6. The minimum absolute atomic E-state index is 0.0132. The smallest absolute Gasteiger partial charge is 0.323 e. The van der Waals surface area contributed by atoms with Crippen LogP contribution < -0.4 is 27.5 Å². The summed E-state index contributed by atoms with van der Waals surface area (Å²) in [4.78, 5) is 58.7. The summed E-state index contributed by atoms with van der Waals surface area (Å²) in [5.41, 5.74) is 5.63. The zero-order valence-corrected chi connectivity index (χ0v) is 21.9. The predicted molar refractivity (Wildman–Crippen MR) is 141 cm³/mol. The molecule has 18 nitrogen and oxygen atoms in total. The van der Waals surface area contributed by atoms with Gasteiger partial charge < -0.3 is 35.7 Å². The molecule has 18 heteroatoms. The Hall–Kier alpha value is -4.39. The summed E-state index contributed by atoms with van der Waals surface area (Å²) in [7, 11) is 0. The monoisotopic (exact) mass is 561 g/mol. The van der Waals surface area contributed by atoms with Crippen LogP contribution in [0.15, 0.2) is 22.2 Å². The van der Waals surface area contributed by atoms with Gasteiger partial charge in [-0.15, -0.1) is 0 Å². The number of hydrogen-bond donors (Lipinski definition) is 6. The second-order valence-electron chi connectivity index (χ2n) is 8.87. The zero-order chi connectivity index (χ0) is 28.6. The highest BCUT2D eigenvalue weighted by molar-refractivity contribution is 5.75. The van der Waals surface area contributed by atoms with Crippen LogP contribution in [0.1, 0.15) is 13.8 Å². The number of esters is 1. The zero-order valence-electron chi connectivity index (χ0n) is 21.9. The third kappa shape index (κ3) is 6.78. The molecule has 4 aromatic rings. The summed E-state index contributed by atoms with van der Waals surface area (Å²) in [6, 6.07) is -0.701. The van der Waals surface area contributed by atoms with E-state index in [1.165, 1.54) is 21.8 Å². The Bertz CT molecular complexity index is 1560. The van der Waals surface area contributed by atoms with E-state index in [0.29, 0.717) is 5.65 Å². The molecule has 4 heterocycles. The van der Waals surface area contributed by atoms with Crippen molar-refractivity contribution in [3.05, 3.63) is 33.4 Å². The number of aromatic nitrogens is 8. The van der Waals surface area contributed by atoms with Crippen LogP contribution in [0.2, 0.25) is 0 Å². The number of imidazole rings is 2. The van der Waals surface area contributed by atoms with Crippen LogP contribution in [0.5, 0.6) is 0 Å². The number of rotatable bonds is 15. The molecule has 0 bridgehead atoms. The highest BCUT2D eigenvalue weighted by Crippen LogP contribution is 2.10. The fourth-order valence-electron chi connectivity index (χ4n) is 3.44. The first-order valence-corrected chi connectivity index (χ1v) is 12.3. The van der Waals surface area contributed by atoms with E-state index in [-0.39, 0.29) is 81.1 Å². The molecule has 0 aromatic carbocycles. The Morgan fingerprint density at radius 2 is 1.48 bits per heavy atom. The van der Waals surface area contributed by atoms with Gasteiger partial charge in [0.15, 0.2) is 22.3 Å². The van der Waals surface area contributed by atoms with Crippen molar-refractivity contribution in [2.75, 3.05) is 43.7 Å². The van der Waals surface area contributed by atoms with Crippen molar-refractivity contribution in [1.82, 2.24) is 39.0 Å². The van der Waals surface area contributed by atoms with Gasteiger partial charge in [0.2, 0.25) is 11.9 Å². The van der Waals surface area contributed by atoms with Crippen LogP contribution in [0.4, 0.5) is 11.9 Å². The number of H-pyrrole nitrogens is 2. The third-order valence-corrected chi connectivity index (χ3v) is 5.62. The van der Waals surface area contributed by atoms with Crippen LogP contribution in [-0.4, -0.2) is 89.3 Å². The fraction of sp³-hybridized carbons (Fsp3) is 0.500. The van der Waals surface area contributed by atoms with Crippen molar-refractivity contribution in [2.45, 2.75) is 33.4 Å². The average Bonchev–Trinajstić information content (AvgIpc) is 3.53. The van der Waals surface area contributed by atoms with E-state index >= 15 is 0 Å². The lowest BCUT2D eigenvalue weighted by Crippen LogP contribution is -2.37. The number of nitrogens with two attached hydrogens (primary N) is 1. The predicted octanol–water partition coefficient (Wildman–Crippen LogP) is -1.50. The lowest BCUT2D eigenvalue weighted by Gasteiger charge is -2.14. The Balaban J connectivity index is 1.35. The molecule has 0 aliphatic heterocycles. The number of nitrogens with one attached hydrogen (secondary N) is 4. The fourth-order valence-corrected chi connectivity index (χ4v) is 3.44. The summed E-state index contributed by atoms with van der Waals surface area (Å²) in [6.45, 7) is 3.88. The minimum Gasteiger partial charge on any atom is -0.462 e. The van der Waals surface area contributed by atoms with E-state index in [2.05, 4.69) is 40.5 Å². The lowest BCUT2D eigenvalue weighted by molar-refractivity contribution is -0.148. The van der Waals surface area contributed by atoms with Crippen LogP contribution in [0.25, 0.3) is 22.3 Å². The summed E-state index contributed by atoms with van der Waals surface area (Å²) < 4.78 is 18.9. The number of aromatic amines is 2. The molecule has 4 rings (SSSR count). The topological polar surface area (TPSA) is 242 Å². The summed E-state index contributed by atoms with van der Waals surface area (Å²) in [6.07, 6.45) is 2.82. The van der Waals surface area contributed by atoms with Gasteiger partial charge in [-0.05, 0) is 5.92 Å². The molecule has 0 radical (unpaired) electrons. The number of carbonyl (C=O) groups is 1. The first-order chi connectivity index (χ1) is 19.3. The Kier molecular flexibility index (Phi) is 9.38.